The molecule has 2 aliphatic rings. The summed E-state index contributed by atoms with van der Waals surface area (Å²) in [6, 6.07) is 13.1. The molecule has 2 fully saturated rings. The number of amides is 1. The fourth-order valence-electron chi connectivity index (χ4n) is 4.10. The molecule has 0 unspecified atom stereocenters. The smallest absolute Gasteiger partial charge is 0.255 e. The number of likely N-dealkylation sites (N-methyl/N-ethyl adjacent to an activating group) is 1. The van der Waals surface area contributed by atoms with E-state index in [0.717, 1.165) is 49.5 Å². The molecule has 1 amide bonds. The van der Waals surface area contributed by atoms with Crippen LogP contribution in [0.3, 0.4) is 0 Å². The Kier molecular flexibility index (Phi) is 6.20. The van der Waals surface area contributed by atoms with Crippen molar-refractivity contribution in [2.24, 2.45) is 0 Å². The van der Waals surface area contributed by atoms with Crippen molar-refractivity contribution in [3.8, 4) is 0 Å². The topological polar surface area (TPSA) is 73.0 Å². The van der Waals surface area contributed by atoms with Crippen LogP contribution in [0.2, 0.25) is 0 Å². The molecule has 0 aromatic heterocycles. The standard InChI is InChI=1S/C23H30N4O3S/c1-18-5-6-19(17-22(18)27-11-3-4-16-31(27,29)30)23(28)24-20-7-9-21(10-8-20)26-14-12-25(2)13-15-26/h5-10,17H,3-4,11-16H2,1-2H3,(H,24,28). The number of sulfonamides is 1. The number of hydrogen-bond donors (Lipinski definition) is 1. The molecule has 31 heavy (non-hydrogen) atoms. The molecule has 2 aliphatic heterocycles. The van der Waals surface area contributed by atoms with Gasteiger partial charge >= 0.3 is 0 Å². The number of nitrogens with one attached hydrogen (secondary N) is 1. The van der Waals surface area contributed by atoms with Crippen LogP contribution in [0.25, 0.3) is 0 Å². The lowest BCUT2D eigenvalue weighted by Gasteiger charge is -2.34. The highest BCUT2D eigenvalue weighted by molar-refractivity contribution is 7.92. The summed E-state index contributed by atoms with van der Waals surface area (Å²) < 4.78 is 26.5. The van der Waals surface area contributed by atoms with E-state index in [0.29, 0.717) is 24.2 Å². The number of benzene rings is 2. The van der Waals surface area contributed by atoms with Gasteiger partial charge in [-0.2, -0.15) is 0 Å². The zero-order valence-corrected chi connectivity index (χ0v) is 19.0. The molecular weight excluding hydrogens is 412 g/mol. The Labute approximate surface area is 184 Å². The number of piperazine rings is 1. The molecule has 166 valence electrons. The highest BCUT2D eigenvalue weighted by atomic mass is 32.2. The summed E-state index contributed by atoms with van der Waals surface area (Å²) in [5, 5.41) is 2.93. The summed E-state index contributed by atoms with van der Waals surface area (Å²) in [4.78, 5) is 17.5. The minimum Gasteiger partial charge on any atom is -0.369 e. The minimum atomic E-state index is -3.33. The summed E-state index contributed by atoms with van der Waals surface area (Å²) in [5.41, 5.74) is 3.76. The van der Waals surface area contributed by atoms with Crippen LogP contribution in [0.5, 0.6) is 0 Å². The molecule has 2 heterocycles. The molecule has 0 radical (unpaired) electrons. The largest absolute Gasteiger partial charge is 0.369 e. The second-order valence-electron chi connectivity index (χ2n) is 8.39. The van der Waals surface area contributed by atoms with Gasteiger partial charge in [-0.05, 0) is 68.8 Å². The van der Waals surface area contributed by atoms with Crippen molar-refractivity contribution in [3.05, 3.63) is 53.6 Å². The van der Waals surface area contributed by atoms with E-state index >= 15 is 0 Å². The summed E-state index contributed by atoms with van der Waals surface area (Å²) in [5.74, 6) is -0.0919. The van der Waals surface area contributed by atoms with Crippen LogP contribution >= 0.6 is 0 Å². The van der Waals surface area contributed by atoms with Crippen LogP contribution < -0.4 is 14.5 Å². The van der Waals surface area contributed by atoms with Gasteiger partial charge in [0.25, 0.3) is 5.91 Å². The number of hydrogen-bond acceptors (Lipinski definition) is 5. The van der Waals surface area contributed by atoms with E-state index in [1.165, 1.54) is 4.31 Å². The highest BCUT2D eigenvalue weighted by Gasteiger charge is 2.27. The number of anilines is 3. The van der Waals surface area contributed by atoms with Gasteiger partial charge in [-0.3, -0.25) is 9.10 Å². The van der Waals surface area contributed by atoms with Gasteiger partial charge in [-0.25, -0.2) is 8.42 Å². The Morgan fingerprint density at radius 1 is 0.935 bits per heavy atom. The van der Waals surface area contributed by atoms with Crippen LogP contribution in [0.15, 0.2) is 42.5 Å². The van der Waals surface area contributed by atoms with E-state index in [1.807, 2.05) is 37.3 Å². The fraction of sp³-hybridized carbons (Fsp3) is 0.435. The molecule has 0 saturated carbocycles. The molecule has 0 spiro atoms. The molecule has 0 aliphatic carbocycles. The molecule has 4 rings (SSSR count). The first-order valence-electron chi connectivity index (χ1n) is 10.8. The third-order valence-corrected chi connectivity index (χ3v) is 7.94. The first-order valence-corrected chi connectivity index (χ1v) is 12.4. The van der Waals surface area contributed by atoms with Crippen LogP contribution in [0.1, 0.15) is 28.8 Å². The predicted molar refractivity (Wildman–Crippen MR) is 126 cm³/mol. The lowest BCUT2D eigenvalue weighted by Crippen LogP contribution is -2.44. The van der Waals surface area contributed by atoms with Gasteiger partial charge in [-0.15, -0.1) is 0 Å². The van der Waals surface area contributed by atoms with E-state index < -0.39 is 10.0 Å². The first-order chi connectivity index (χ1) is 14.8. The predicted octanol–water partition coefficient (Wildman–Crippen LogP) is 2.93. The Hall–Kier alpha value is -2.58. The normalized spacial score (nSPS) is 19.3. The van der Waals surface area contributed by atoms with Crippen molar-refractivity contribution in [2.75, 3.05) is 60.0 Å². The minimum absolute atomic E-state index is 0.155. The van der Waals surface area contributed by atoms with Crippen molar-refractivity contribution < 1.29 is 13.2 Å². The third-order valence-electron chi connectivity index (χ3n) is 6.08. The molecule has 7 nitrogen and oxygen atoms in total. The van der Waals surface area contributed by atoms with E-state index in [2.05, 4.69) is 22.2 Å². The van der Waals surface area contributed by atoms with E-state index in [1.54, 1.807) is 12.1 Å². The SMILES string of the molecule is Cc1ccc(C(=O)Nc2ccc(N3CCN(C)CC3)cc2)cc1N1CCCCS1(=O)=O. The van der Waals surface area contributed by atoms with Crippen molar-refractivity contribution in [2.45, 2.75) is 19.8 Å². The maximum atomic E-state index is 12.8. The van der Waals surface area contributed by atoms with Gasteiger partial charge in [-0.1, -0.05) is 6.07 Å². The lowest BCUT2D eigenvalue weighted by molar-refractivity contribution is 0.102. The molecule has 2 saturated heterocycles. The molecule has 8 heteroatoms. The van der Waals surface area contributed by atoms with Gasteiger partial charge in [0.2, 0.25) is 10.0 Å². The second kappa shape index (κ2) is 8.88. The fourth-order valence-corrected chi connectivity index (χ4v) is 5.80. The van der Waals surface area contributed by atoms with Crippen LogP contribution in [0, 0.1) is 6.92 Å². The van der Waals surface area contributed by atoms with Crippen molar-refractivity contribution >= 4 is 33.0 Å². The van der Waals surface area contributed by atoms with Gasteiger partial charge in [0, 0.05) is 49.7 Å². The Bertz CT molecular complexity index is 1040. The zero-order valence-electron chi connectivity index (χ0n) is 18.2. The Morgan fingerprint density at radius 2 is 1.65 bits per heavy atom. The molecule has 0 atom stereocenters. The van der Waals surface area contributed by atoms with Crippen molar-refractivity contribution in [1.82, 2.24) is 4.90 Å². The zero-order chi connectivity index (χ0) is 22.0. The van der Waals surface area contributed by atoms with E-state index in [9.17, 15) is 13.2 Å². The van der Waals surface area contributed by atoms with Crippen molar-refractivity contribution in [3.63, 3.8) is 0 Å². The Balaban J connectivity index is 1.47. The quantitative estimate of drug-likeness (QED) is 0.788. The van der Waals surface area contributed by atoms with Gasteiger partial charge < -0.3 is 15.1 Å². The maximum absolute atomic E-state index is 12.8. The van der Waals surface area contributed by atoms with Gasteiger partial charge in [0.15, 0.2) is 0 Å². The van der Waals surface area contributed by atoms with Crippen LogP contribution in [-0.4, -0.2) is 64.7 Å². The van der Waals surface area contributed by atoms with Gasteiger partial charge in [0.1, 0.15) is 0 Å². The van der Waals surface area contributed by atoms with E-state index in [4.69, 9.17) is 0 Å². The van der Waals surface area contributed by atoms with Gasteiger partial charge in [0.05, 0.1) is 11.4 Å². The first kappa shape index (κ1) is 21.6. The molecule has 2 aromatic rings. The second-order valence-corrected chi connectivity index (χ2v) is 10.4. The number of aryl methyl sites for hydroxylation is 1. The van der Waals surface area contributed by atoms with Crippen molar-refractivity contribution in [1.29, 1.82) is 0 Å². The molecular formula is C23H30N4O3S. The van der Waals surface area contributed by atoms with E-state index in [-0.39, 0.29) is 11.7 Å². The monoisotopic (exact) mass is 442 g/mol. The molecule has 2 aromatic carbocycles. The van der Waals surface area contributed by atoms with Crippen LogP contribution in [0.4, 0.5) is 17.1 Å². The lowest BCUT2D eigenvalue weighted by atomic mass is 10.1. The summed E-state index contributed by atoms with van der Waals surface area (Å²) in [6.07, 6.45) is 1.51. The average Bonchev–Trinajstić information content (AvgIpc) is 2.75. The summed E-state index contributed by atoms with van der Waals surface area (Å²) >= 11 is 0. The average molecular weight is 443 g/mol. The highest BCUT2D eigenvalue weighted by Crippen LogP contribution is 2.28. The summed E-state index contributed by atoms with van der Waals surface area (Å²) in [7, 11) is -1.19. The maximum Gasteiger partial charge on any atom is 0.255 e. The molecule has 0 bridgehead atoms. The third kappa shape index (κ3) is 4.85. The number of carbonyl (C=O) groups excluding carboxylic acids is 1. The number of carbonyl (C=O) groups is 1. The Morgan fingerprint density at radius 3 is 2.32 bits per heavy atom. The number of rotatable bonds is 4. The number of nitrogens with zero attached hydrogens (tertiary/aromatic N) is 3. The van der Waals surface area contributed by atoms with Crippen LogP contribution in [-0.2, 0) is 10.0 Å². The molecule has 1 N–H and O–H groups in total. The summed E-state index contributed by atoms with van der Waals surface area (Å²) in [6.45, 7) is 6.41.